The summed E-state index contributed by atoms with van der Waals surface area (Å²) in [5, 5.41) is 0.615. The van der Waals surface area contributed by atoms with Crippen LogP contribution in [0.5, 0.6) is 5.75 Å². The van der Waals surface area contributed by atoms with Gasteiger partial charge in [0.15, 0.2) is 0 Å². The van der Waals surface area contributed by atoms with Crippen LogP contribution in [0.4, 0.5) is 0 Å². The van der Waals surface area contributed by atoms with E-state index in [0.717, 1.165) is 30.7 Å². The van der Waals surface area contributed by atoms with Crippen molar-refractivity contribution in [2.45, 2.75) is 26.3 Å². The highest BCUT2D eigenvalue weighted by molar-refractivity contribution is 6.30. The first-order valence-electron chi connectivity index (χ1n) is 8.57. The Bertz CT molecular complexity index is 624. The summed E-state index contributed by atoms with van der Waals surface area (Å²) in [5.41, 5.74) is 6.15. The predicted molar refractivity (Wildman–Crippen MR) is 97.5 cm³/mol. The van der Waals surface area contributed by atoms with E-state index in [4.69, 9.17) is 22.1 Å². The molecule has 138 valence electrons. The van der Waals surface area contributed by atoms with E-state index in [2.05, 4.69) is 0 Å². The van der Waals surface area contributed by atoms with Crippen LogP contribution in [0.1, 0.15) is 25.3 Å². The van der Waals surface area contributed by atoms with Crippen molar-refractivity contribution >= 4 is 23.4 Å². The molecule has 0 spiro atoms. The molecule has 6 nitrogen and oxygen atoms in total. The molecule has 2 rings (SSSR count). The Morgan fingerprint density at radius 3 is 2.88 bits per heavy atom. The number of hydrogen-bond acceptors (Lipinski definition) is 4. The fourth-order valence-electron chi connectivity index (χ4n) is 3.23. The van der Waals surface area contributed by atoms with Crippen LogP contribution >= 0.6 is 11.6 Å². The molecule has 1 aliphatic heterocycles. The van der Waals surface area contributed by atoms with E-state index in [1.165, 1.54) is 0 Å². The SMILES string of the molecule is CCOc1ccc(Cl)cc1CN(C)C(=O)[C@H]1CCCN(CC(N)=O)C1. The molecule has 2 N–H and O–H groups in total. The van der Waals surface area contributed by atoms with Crippen molar-refractivity contribution in [1.82, 2.24) is 9.80 Å². The number of piperidine rings is 1. The minimum absolute atomic E-state index is 0.0663. The molecule has 2 amide bonds. The van der Waals surface area contributed by atoms with E-state index >= 15 is 0 Å². The fraction of sp³-hybridized carbons (Fsp3) is 0.556. The van der Waals surface area contributed by atoms with Crippen LogP contribution in [0.25, 0.3) is 0 Å². The van der Waals surface area contributed by atoms with E-state index in [9.17, 15) is 9.59 Å². The van der Waals surface area contributed by atoms with E-state index in [0.29, 0.717) is 24.7 Å². The molecule has 25 heavy (non-hydrogen) atoms. The lowest BCUT2D eigenvalue weighted by Gasteiger charge is -2.33. The average Bonchev–Trinajstić information content (AvgIpc) is 2.56. The second-order valence-corrected chi connectivity index (χ2v) is 6.86. The zero-order valence-corrected chi connectivity index (χ0v) is 15.6. The summed E-state index contributed by atoms with van der Waals surface area (Å²) < 4.78 is 5.62. The summed E-state index contributed by atoms with van der Waals surface area (Å²) in [7, 11) is 1.78. The first kappa shape index (κ1) is 19.5. The zero-order valence-electron chi connectivity index (χ0n) is 14.8. The standard InChI is InChI=1S/C18H26ClN3O3/c1-3-25-16-7-6-15(19)9-14(16)10-21(2)18(24)13-5-4-8-22(11-13)12-17(20)23/h6-7,9,13H,3-5,8,10-12H2,1-2H3,(H2,20,23)/t13-/m0/s1. The van der Waals surface area contributed by atoms with Crippen LogP contribution in [0.15, 0.2) is 18.2 Å². The number of amides is 2. The van der Waals surface area contributed by atoms with E-state index in [1.54, 1.807) is 18.0 Å². The summed E-state index contributed by atoms with van der Waals surface area (Å²) in [6.45, 7) is 4.48. The molecule has 1 atom stereocenters. The maximum atomic E-state index is 12.8. The summed E-state index contributed by atoms with van der Waals surface area (Å²) >= 11 is 6.09. The number of halogens is 1. The average molecular weight is 368 g/mol. The minimum Gasteiger partial charge on any atom is -0.494 e. The lowest BCUT2D eigenvalue weighted by atomic mass is 9.96. The van der Waals surface area contributed by atoms with Crippen LogP contribution in [0, 0.1) is 5.92 Å². The molecule has 0 aliphatic carbocycles. The number of carbonyl (C=O) groups excluding carboxylic acids is 2. The summed E-state index contributed by atoms with van der Waals surface area (Å²) in [4.78, 5) is 27.6. The van der Waals surface area contributed by atoms with E-state index in [1.807, 2.05) is 24.0 Å². The Morgan fingerprint density at radius 2 is 2.20 bits per heavy atom. The highest BCUT2D eigenvalue weighted by Crippen LogP contribution is 2.25. The van der Waals surface area contributed by atoms with Crippen molar-refractivity contribution in [1.29, 1.82) is 0 Å². The predicted octanol–water partition coefficient (Wildman–Crippen LogP) is 1.89. The summed E-state index contributed by atoms with van der Waals surface area (Å²) in [6, 6.07) is 5.44. The Hall–Kier alpha value is -1.79. The highest BCUT2D eigenvalue weighted by Gasteiger charge is 2.28. The normalized spacial score (nSPS) is 18.0. The Kier molecular flexibility index (Phi) is 7.08. The molecule has 1 saturated heterocycles. The summed E-state index contributed by atoms with van der Waals surface area (Å²) in [6.07, 6.45) is 1.71. The van der Waals surface area contributed by atoms with Gasteiger partial charge in [0, 0.05) is 30.7 Å². The van der Waals surface area contributed by atoms with Crippen molar-refractivity contribution in [2.75, 3.05) is 33.3 Å². The van der Waals surface area contributed by atoms with Crippen molar-refractivity contribution in [2.24, 2.45) is 11.7 Å². The number of carbonyl (C=O) groups is 2. The van der Waals surface area contributed by atoms with Gasteiger partial charge in [-0.2, -0.15) is 0 Å². The molecule has 0 radical (unpaired) electrons. The van der Waals surface area contributed by atoms with E-state index in [-0.39, 0.29) is 24.3 Å². The number of rotatable bonds is 7. The van der Waals surface area contributed by atoms with Crippen molar-refractivity contribution in [3.63, 3.8) is 0 Å². The third-order valence-electron chi connectivity index (χ3n) is 4.34. The van der Waals surface area contributed by atoms with Crippen molar-refractivity contribution < 1.29 is 14.3 Å². The van der Waals surface area contributed by atoms with Gasteiger partial charge in [-0.25, -0.2) is 0 Å². The quantitative estimate of drug-likeness (QED) is 0.798. The van der Waals surface area contributed by atoms with Gasteiger partial charge in [-0.1, -0.05) is 11.6 Å². The van der Waals surface area contributed by atoms with E-state index < -0.39 is 0 Å². The number of benzene rings is 1. The first-order valence-corrected chi connectivity index (χ1v) is 8.95. The van der Waals surface area contributed by atoms with Gasteiger partial charge in [0.05, 0.1) is 19.1 Å². The van der Waals surface area contributed by atoms with Gasteiger partial charge >= 0.3 is 0 Å². The number of ether oxygens (including phenoxy) is 1. The lowest BCUT2D eigenvalue weighted by Crippen LogP contribution is -2.46. The third kappa shape index (κ3) is 5.61. The molecule has 1 aromatic carbocycles. The number of nitrogens with zero attached hydrogens (tertiary/aromatic N) is 2. The molecule has 1 aliphatic rings. The van der Waals surface area contributed by atoms with Gasteiger partial charge < -0.3 is 15.4 Å². The molecular formula is C18H26ClN3O3. The second kappa shape index (κ2) is 9.06. The largest absolute Gasteiger partial charge is 0.494 e. The van der Waals surface area contributed by atoms with Gasteiger partial charge in [-0.3, -0.25) is 14.5 Å². The molecule has 1 fully saturated rings. The number of nitrogens with two attached hydrogens (primary N) is 1. The van der Waals surface area contributed by atoms with Crippen molar-refractivity contribution in [3.05, 3.63) is 28.8 Å². The molecule has 0 bridgehead atoms. The van der Waals surface area contributed by atoms with Gasteiger partial charge in [0.25, 0.3) is 0 Å². The minimum atomic E-state index is -0.360. The van der Waals surface area contributed by atoms with Crippen LogP contribution in [0.2, 0.25) is 5.02 Å². The number of hydrogen-bond donors (Lipinski definition) is 1. The molecular weight excluding hydrogens is 342 g/mol. The summed E-state index contributed by atoms with van der Waals surface area (Å²) in [5.74, 6) is 0.330. The van der Waals surface area contributed by atoms with Crippen LogP contribution in [0.3, 0.4) is 0 Å². The van der Waals surface area contributed by atoms with Gasteiger partial charge in [0.2, 0.25) is 11.8 Å². The Balaban J connectivity index is 2.02. The topological polar surface area (TPSA) is 75.9 Å². The maximum absolute atomic E-state index is 12.8. The fourth-order valence-corrected chi connectivity index (χ4v) is 3.43. The molecule has 0 aromatic heterocycles. The van der Waals surface area contributed by atoms with Crippen molar-refractivity contribution in [3.8, 4) is 5.75 Å². The molecule has 0 unspecified atom stereocenters. The van der Waals surface area contributed by atoms with Crippen LogP contribution in [-0.4, -0.2) is 54.9 Å². The molecule has 0 saturated carbocycles. The molecule has 7 heteroatoms. The lowest BCUT2D eigenvalue weighted by molar-refractivity contribution is -0.137. The van der Waals surface area contributed by atoms with Gasteiger partial charge in [-0.15, -0.1) is 0 Å². The number of primary amides is 1. The molecule has 1 heterocycles. The highest BCUT2D eigenvalue weighted by atomic mass is 35.5. The molecule has 1 aromatic rings. The first-order chi connectivity index (χ1) is 11.9. The van der Waals surface area contributed by atoms with Crippen LogP contribution < -0.4 is 10.5 Å². The van der Waals surface area contributed by atoms with Crippen LogP contribution in [-0.2, 0) is 16.1 Å². The Labute approximate surface area is 153 Å². The smallest absolute Gasteiger partial charge is 0.231 e. The third-order valence-corrected chi connectivity index (χ3v) is 4.58. The Morgan fingerprint density at radius 1 is 1.44 bits per heavy atom. The monoisotopic (exact) mass is 367 g/mol. The zero-order chi connectivity index (χ0) is 18.4. The number of likely N-dealkylation sites (tertiary alicyclic amines) is 1. The van der Waals surface area contributed by atoms with Gasteiger partial charge in [0.1, 0.15) is 5.75 Å². The maximum Gasteiger partial charge on any atom is 0.231 e. The second-order valence-electron chi connectivity index (χ2n) is 6.42. The van der Waals surface area contributed by atoms with Gasteiger partial charge in [-0.05, 0) is 44.5 Å².